The average molecular weight is 279 g/mol. The molecule has 2 heteroatoms. The third-order valence-corrected chi connectivity index (χ3v) is 4.25. The zero-order valence-corrected chi connectivity index (χ0v) is 12.8. The van der Waals surface area contributed by atoms with Crippen LogP contribution >= 0.6 is 0 Å². The second kappa shape index (κ2) is 5.36. The minimum atomic E-state index is 0.0998. The lowest BCUT2D eigenvalue weighted by Gasteiger charge is -2.23. The van der Waals surface area contributed by atoms with Gasteiger partial charge in [0.15, 0.2) is 0 Å². The third kappa shape index (κ3) is 2.46. The summed E-state index contributed by atoms with van der Waals surface area (Å²) in [7, 11) is 0. The second-order valence-electron chi connectivity index (χ2n) is 6.13. The summed E-state index contributed by atoms with van der Waals surface area (Å²) in [6.07, 6.45) is 0.936. The maximum atomic E-state index is 12.8. The van der Waals surface area contributed by atoms with Gasteiger partial charge in [-0.25, -0.2) is 0 Å². The molecule has 0 radical (unpaired) electrons. The van der Waals surface area contributed by atoms with Crippen LogP contribution in [0.4, 0.5) is 5.69 Å². The largest absolute Gasteiger partial charge is 0.305 e. The molecular formula is C19H21NO. The van der Waals surface area contributed by atoms with Crippen LogP contribution in [0, 0.1) is 0 Å². The zero-order chi connectivity index (χ0) is 15.0. The molecule has 0 bridgehead atoms. The number of hydrogen-bond donors (Lipinski definition) is 0. The van der Waals surface area contributed by atoms with Crippen LogP contribution < -0.4 is 4.90 Å². The highest BCUT2D eigenvalue weighted by atomic mass is 16.2. The van der Waals surface area contributed by atoms with E-state index in [1.807, 2.05) is 35.2 Å². The van der Waals surface area contributed by atoms with Crippen molar-refractivity contribution in [1.29, 1.82) is 0 Å². The smallest absolute Gasteiger partial charge is 0.258 e. The fourth-order valence-electron chi connectivity index (χ4n) is 3.02. The lowest BCUT2D eigenvalue weighted by molar-refractivity contribution is 0.0981. The summed E-state index contributed by atoms with van der Waals surface area (Å²) in [4.78, 5) is 14.8. The van der Waals surface area contributed by atoms with Gasteiger partial charge in [0.25, 0.3) is 5.91 Å². The van der Waals surface area contributed by atoms with Crippen LogP contribution in [0.15, 0.2) is 48.5 Å². The molecule has 1 aliphatic heterocycles. The van der Waals surface area contributed by atoms with Gasteiger partial charge in [0.1, 0.15) is 0 Å². The number of benzene rings is 2. The van der Waals surface area contributed by atoms with E-state index in [-0.39, 0.29) is 11.9 Å². The van der Waals surface area contributed by atoms with E-state index in [4.69, 9.17) is 0 Å². The molecule has 1 atom stereocenters. The van der Waals surface area contributed by atoms with E-state index in [1.165, 1.54) is 11.1 Å². The van der Waals surface area contributed by atoms with E-state index in [0.717, 1.165) is 17.7 Å². The predicted molar refractivity (Wildman–Crippen MR) is 86.9 cm³/mol. The number of carbonyl (C=O) groups is 1. The van der Waals surface area contributed by atoms with Crippen molar-refractivity contribution in [2.75, 3.05) is 4.90 Å². The fourth-order valence-corrected chi connectivity index (χ4v) is 3.02. The summed E-state index contributed by atoms with van der Waals surface area (Å²) in [6.45, 7) is 6.44. The summed E-state index contributed by atoms with van der Waals surface area (Å²) in [5.74, 6) is 0.586. The molecule has 3 rings (SSSR count). The van der Waals surface area contributed by atoms with E-state index in [9.17, 15) is 4.79 Å². The number of amides is 1. The maximum Gasteiger partial charge on any atom is 0.258 e. The highest BCUT2D eigenvalue weighted by Crippen LogP contribution is 2.33. The van der Waals surface area contributed by atoms with E-state index in [1.54, 1.807) is 0 Å². The van der Waals surface area contributed by atoms with Crippen LogP contribution in [0.2, 0.25) is 0 Å². The zero-order valence-electron chi connectivity index (χ0n) is 12.8. The number of rotatable bonds is 2. The number of nitrogens with zero attached hydrogens (tertiary/aromatic N) is 1. The fraction of sp³-hybridized carbons (Fsp3) is 0.316. The molecule has 0 aromatic heterocycles. The van der Waals surface area contributed by atoms with Gasteiger partial charge < -0.3 is 4.90 Å². The Morgan fingerprint density at radius 1 is 1.10 bits per heavy atom. The van der Waals surface area contributed by atoms with Crippen LogP contribution in [0.1, 0.15) is 48.2 Å². The van der Waals surface area contributed by atoms with Crippen LogP contribution in [0.5, 0.6) is 0 Å². The first-order valence-electron chi connectivity index (χ1n) is 7.59. The van der Waals surface area contributed by atoms with Crippen molar-refractivity contribution in [2.45, 2.75) is 39.2 Å². The molecule has 0 saturated carbocycles. The Morgan fingerprint density at radius 2 is 1.76 bits per heavy atom. The summed E-state index contributed by atoms with van der Waals surface area (Å²) in [5.41, 5.74) is 4.35. The normalized spacial score (nSPS) is 17.1. The molecule has 2 nitrogen and oxygen atoms in total. The Hall–Kier alpha value is -2.09. The van der Waals surface area contributed by atoms with Crippen molar-refractivity contribution in [2.24, 2.45) is 0 Å². The molecule has 1 heterocycles. The number of hydrogen-bond acceptors (Lipinski definition) is 1. The number of anilines is 1. The topological polar surface area (TPSA) is 20.3 Å². The van der Waals surface area contributed by atoms with Crippen molar-refractivity contribution in [1.82, 2.24) is 0 Å². The molecule has 0 fully saturated rings. The molecule has 1 amide bonds. The average Bonchev–Trinajstić information content (AvgIpc) is 2.82. The highest BCUT2D eigenvalue weighted by Gasteiger charge is 2.31. The number of para-hydroxylation sites is 1. The highest BCUT2D eigenvalue weighted by molar-refractivity contribution is 6.07. The van der Waals surface area contributed by atoms with Crippen molar-refractivity contribution >= 4 is 11.6 Å². The quantitative estimate of drug-likeness (QED) is 0.797. The first-order chi connectivity index (χ1) is 10.1. The summed E-state index contributed by atoms with van der Waals surface area (Å²) in [5, 5.41) is 0. The van der Waals surface area contributed by atoms with Gasteiger partial charge >= 0.3 is 0 Å². The third-order valence-electron chi connectivity index (χ3n) is 4.25. The van der Waals surface area contributed by atoms with E-state index in [2.05, 4.69) is 39.0 Å². The minimum Gasteiger partial charge on any atom is -0.305 e. The van der Waals surface area contributed by atoms with Crippen molar-refractivity contribution in [3.8, 4) is 0 Å². The van der Waals surface area contributed by atoms with E-state index in [0.29, 0.717) is 5.92 Å². The molecule has 2 aromatic carbocycles. The molecule has 0 unspecified atom stereocenters. The SMILES string of the molecule is CC(C)c1ccc(C(=O)N2c3ccccc3C[C@H]2C)cc1. The van der Waals surface area contributed by atoms with Gasteiger partial charge in [-0.3, -0.25) is 4.79 Å². The van der Waals surface area contributed by atoms with Crippen LogP contribution in [0.3, 0.4) is 0 Å². The van der Waals surface area contributed by atoms with Gasteiger partial charge in [-0.15, -0.1) is 0 Å². The molecule has 0 spiro atoms. The van der Waals surface area contributed by atoms with Gasteiger partial charge in [-0.05, 0) is 48.6 Å². The molecular weight excluding hydrogens is 258 g/mol. The van der Waals surface area contributed by atoms with Crippen molar-refractivity contribution in [3.63, 3.8) is 0 Å². The van der Waals surface area contributed by atoms with E-state index < -0.39 is 0 Å². The van der Waals surface area contributed by atoms with E-state index >= 15 is 0 Å². The van der Waals surface area contributed by atoms with Crippen LogP contribution in [-0.4, -0.2) is 11.9 Å². The van der Waals surface area contributed by atoms with Crippen LogP contribution in [-0.2, 0) is 6.42 Å². The minimum absolute atomic E-state index is 0.0998. The van der Waals surface area contributed by atoms with Gasteiger partial charge in [0.2, 0.25) is 0 Å². The summed E-state index contributed by atoms with van der Waals surface area (Å²) < 4.78 is 0. The molecule has 0 aliphatic carbocycles. The van der Waals surface area contributed by atoms with Crippen molar-refractivity contribution < 1.29 is 4.79 Å². The van der Waals surface area contributed by atoms with Gasteiger partial charge in [-0.1, -0.05) is 44.2 Å². The lowest BCUT2D eigenvalue weighted by atomic mass is 10.0. The maximum absolute atomic E-state index is 12.8. The summed E-state index contributed by atoms with van der Waals surface area (Å²) >= 11 is 0. The Bertz CT molecular complexity index is 658. The Morgan fingerprint density at radius 3 is 2.43 bits per heavy atom. The first-order valence-corrected chi connectivity index (χ1v) is 7.59. The monoisotopic (exact) mass is 279 g/mol. The number of carbonyl (C=O) groups excluding carboxylic acids is 1. The molecule has 0 saturated heterocycles. The molecule has 1 aliphatic rings. The Kier molecular flexibility index (Phi) is 3.54. The summed E-state index contributed by atoms with van der Waals surface area (Å²) in [6, 6.07) is 16.4. The van der Waals surface area contributed by atoms with Gasteiger partial charge in [0, 0.05) is 17.3 Å². The standard InChI is InChI=1S/C19H21NO/c1-13(2)15-8-10-16(11-9-15)19(21)20-14(3)12-17-6-4-5-7-18(17)20/h4-11,13-14H,12H2,1-3H3/t14-/m1/s1. The van der Waals surface area contributed by atoms with Crippen LogP contribution in [0.25, 0.3) is 0 Å². The molecule has 0 N–H and O–H groups in total. The Labute approximate surface area is 126 Å². The van der Waals surface area contributed by atoms with Gasteiger partial charge in [0.05, 0.1) is 0 Å². The number of fused-ring (bicyclic) bond motifs is 1. The van der Waals surface area contributed by atoms with Crippen molar-refractivity contribution in [3.05, 3.63) is 65.2 Å². The molecule has 21 heavy (non-hydrogen) atoms. The first kappa shape index (κ1) is 13.9. The van der Waals surface area contributed by atoms with Gasteiger partial charge in [-0.2, -0.15) is 0 Å². The lowest BCUT2D eigenvalue weighted by Crippen LogP contribution is -2.35. The molecule has 2 aromatic rings. The predicted octanol–water partition coefficient (Wildman–Crippen LogP) is 4.40. The Balaban J connectivity index is 1.92. The second-order valence-corrected chi connectivity index (χ2v) is 6.13. The molecule has 108 valence electrons.